The zero-order valence-corrected chi connectivity index (χ0v) is 19.5. The Hall–Kier alpha value is -2.79. The van der Waals surface area contributed by atoms with E-state index in [1.165, 1.54) is 18.4 Å². The first-order valence-electron chi connectivity index (χ1n) is 11.6. The van der Waals surface area contributed by atoms with E-state index in [-0.39, 0.29) is 0 Å². The summed E-state index contributed by atoms with van der Waals surface area (Å²) in [5.74, 6) is 1.10. The van der Waals surface area contributed by atoms with Crippen molar-refractivity contribution in [2.24, 2.45) is 11.8 Å². The third-order valence-electron chi connectivity index (χ3n) is 7.29. The van der Waals surface area contributed by atoms with E-state index in [0.29, 0.717) is 36.7 Å². The normalized spacial score (nSPS) is 21.1. The highest BCUT2D eigenvalue weighted by molar-refractivity contribution is 5.98. The number of nitrogens with one attached hydrogen (secondary N) is 1. The summed E-state index contributed by atoms with van der Waals surface area (Å²) in [7, 11) is 1.64. The Morgan fingerprint density at radius 3 is 2.59 bits per heavy atom. The van der Waals surface area contributed by atoms with E-state index in [1.807, 2.05) is 22.8 Å². The molecular formula is C27H34N2O3. The molecule has 1 aliphatic carbocycles. The second kappa shape index (κ2) is 9.37. The van der Waals surface area contributed by atoms with Crippen LogP contribution in [0.4, 0.5) is 0 Å². The van der Waals surface area contributed by atoms with E-state index in [9.17, 15) is 9.90 Å². The Bertz CT molecular complexity index is 1100. The molecule has 3 atom stereocenters. The summed E-state index contributed by atoms with van der Waals surface area (Å²) < 4.78 is 7.38. The standard InChI is InChI=1S/C27H34N2O3/c1-17-8-10-20(11-9-17)16-29-25-14-21(32-4)12-13-22(25)23(26(29)27(30)31)15-28-24-7-5-6-18(2)19(24)3/h8-14,18-19,24,28H,5-7,15-16H2,1-4H3,(H,30,31)/t18-,19+,24-/m1/s1. The van der Waals surface area contributed by atoms with Gasteiger partial charge in [-0.2, -0.15) is 0 Å². The highest BCUT2D eigenvalue weighted by atomic mass is 16.5. The molecule has 0 aliphatic heterocycles. The monoisotopic (exact) mass is 434 g/mol. The van der Waals surface area contributed by atoms with Crippen molar-refractivity contribution in [1.82, 2.24) is 9.88 Å². The Morgan fingerprint density at radius 2 is 1.91 bits per heavy atom. The molecule has 0 amide bonds. The number of aromatic nitrogens is 1. The SMILES string of the molecule is COc1ccc2c(CN[C@@H]3CCC[C@@H](C)[C@@H]3C)c(C(=O)O)n(Cc3ccc(C)cc3)c2c1. The Morgan fingerprint density at radius 1 is 1.16 bits per heavy atom. The van der Waals surface area contributed by atoms with Crippen LogP contribution >= 0.6 is 0 Å². The smallest absolute Gasteiger partial charge is 0.352 e. The second-order valence-corrected chi connectivity index (χ2v) is 9.34. The number of ether oxygens (including phenoxy) is 1. The summed E-state index contributed by atoms with van der Waals surface area (Å²) in [5.41, 5.74) is 4.37. The molecule has 0 unspecified atom stereocenters. The number of hydrogen-bond donors (Lipinski definition) is 2. The van der Waals surface area contributed by atoms with Gasteiger partial charge in [0.2, 0.25) is 0 Å². The van der Waals surface area contributed by atoms with Gasteiger partial charge >= 0.3 is 5.97 Å². The van der Waals surface area contributed by atoms with Gasteiger partial charge in [0.1, 0.15) is 11.4 Å². The molecule has 0 bridgehead atoms. The molecule has 0 radical (unpaired) electrons. The first-order chi connectivity index (χ1) is 15.4. The fourth-order valence-corrected chi connectivity index (χ4v) is 5.09. The summed E-state index contributed by atoms with van der Waals surface area (Å²) in [6, 6.07) is 14.5. The number of hydrogen-bond acceptors (Lipinski definition) is 3. The molecule has 1 aliphatic rings. The maximum absolute atomic E-state index is 12.5. The molecule has 1 fully saturated rings. The molecule has 4 rings (SSSR count). The summed E-state index contributed by atoms with van der Waals surface area (Å²) in [6.07, 6.45) is 3.64. The van der Waals surface area contributed by atoms with Crippen LogP contribution in [-0.4, -0.2) is 28.8 Å². The zero-order chi connectivity index (χ0) is 22.8. The van der Waals surface area contributed by atoms with Crippen molar-refractivity contribution < 1.29 is 14.6 Å². The summed E-state index contributed by atoms with van der Waals surface area (Å²) >= 11 is 0. The molecule has 5 nitrogen and oxygen atoms in total. The molecule has 2 N–H and O–H groups in total. The molecule has 2 aromatic carbocycles. The number of aryl methyl sites for hydroxylation is 1. The molecule has 1 heterocycles. The van der Waals surface area contributed by atoms with Gasteiger partial charge in [-0.25, -0.2) is 4.79 Å². The number of carbonyl (C=O) groups is 1. The summed E-state index contributed by atoms with van der Waals surface area (Å²) in [5, 5.41) is 14.9. The van der Waals surface area contributed by atoms with E-state index in [1.54, 1.807) is 7.11 Å². The zero-order valence-electron chi connectivity index (χ0n) is 19.5. The fraction of sp³-hybridized carbons (Fsp3) is 0.444. The number of rotatable bonds is 7. The van der Waals surface area contributed by atoms with Crippen LogP contribution in [-0.2, 0) is 13.1 Å². The molecule has 3 aromatic rings. The molecule has 5 heteroatoms. The van der Waals surface area contributed by atoms with Crippen molar-refractivity contribution >= 4 is 16.9 Å². The first-order valence-corrected chi connectivity index (χ1v) is 11.6. The predicted molar refractivity (Wildman–Crippen MR) is 129 cm³/mol. The van der Waals surface area contributed by atoms with E-state index < -0.39 is 5.97 Å². The van der Waals surface area contributed by atoms with Gasteiger partial charge < -0.3 is 19.7 Å². The highest BCUT2D eigenvalue weighted by Crippen LogP contribution is 2.33. The minimum atomic E-state index is -0.894. The lowest BCUT2D eigenvalue weighted by Crippen LogP contribution is -2.40. The van der Waals surface area contributed by atoms with Gasteiger partial charge in [-0.05, 0) is 42.9 Å². The van der Waals surface area contributed by atoms with Crippen LogP contribution in [0.25, 0.3) is 10.9 Å². The number of aromatic carboxylic acids is 1. The third kappa shape index (κ3) is 4.40. The van der Waals surface area contributed by atoms with Crippen molar-refractivity contribution in [3.05, 3.63) is 64.8 Å². The van der Waals surface area contributed by atoms with Crippen LogP contribution in [0.15, 0.2) is 42.5 Å². The van der Waals surface area contributed by atoms with Crippen LogP contribution in [0.1, 0.15) is 60.3 Å². The lowest BCUT2D eigenvalue weighted by molar-refractivity contribution is 0.0684. The lowest BCUT2D eigenvalue weighted by Gasteiger charge is -2.34. The molecule has 1 aromatic heterocycles. The van der Waals surface area contributed by atoms with Crippen molar-refractivity contribution in [2.45, 2.75) is 59.2 Å². The van der Waals surface area contributed by atoms with Crippen molar-refractivity contribution in [3.63, 3.8) is 0 Å². The summed E-state index contributed by atoms with van der Waals surface area (Å²) in [6.45, 7) is 7.74. The van der Waals surface area contributed by atoms with Gasteiger partial charge in [-0.3, -0.25) is 0 Å². The van der Waals surface area contributed by atoms with E-state index in [2.05, 4.69) is 50.4 Å². The van der Waals surface area contributed by atoms with Gasteiger partial charge in [0.25, 0.3) is 0 Å². The number of carboxylic acids is 1. The van der Waals surface area contributed by atoms with Gasteiger partial charge in [-0.1, -0.05) is 56.5 Å². The minimum Gasteiger partial charge on any atom is -0.497 e. The van der Waals surface area contributed by atoms with Gasteiger partial charge in [0, 0.05) is 36.1 Å². The topological polar surface area (TPSA) is 63.5 Å². The van der Waals surface area contributed by atoms with Crippen molar-refractivity contribution in [3.8, 4) is 5.75 Å². The van der Waals surface area contributed by atoms with Crippen LogP contribution in [0, 0.1) is 18.8 Å². The van der Waals surface area contributed by atoms with Crippen molar-refractivity contribution in [1.29, 1.82) is 0 Å². The highest BCUT2D eigenvalue weighted by Gasteiger charge is 2.28. The fourth-order valence-electron chi connectivity index (χ4n) is 5.09. The molecule has 170 valence electrons. The van der Waals surface area contributed by atoms with Crippen LogP contribution in [0.2, 0.25) is 0 Å². The molecule has 0 spiro atoms. The lowest BCUT2D eigenvalue weighted by atomic mass is 9.78. The second-order valence-electron chi connectivity index (χ2n) is 9.34. The van der Waals surface area contributed by atoms with Gasteiger partial charge in [-0.15, -0.1) is 0 Å². The van der Waals surface area contributed by atoms with E-state index in [0.717, 1.165) is 34.2 Å². The van der Waals surface area contributed by atoms with E-state index in [4.69, 9.17) is 4.74 Å². The Balaban J connectivity index is 1.76. The number of nitrogens with zero attached hydrogens (tertiary/aromatic N) is 1. The quantitative estimate of drug-likeness (QED) is 0.507. The van der Waals surface area contributed by atoms with Crippen LogP contribution in [0.3, 0.4) is 0 Å². The number of benzene rings is 2. The number of methoxy groups -OCH3 is 1. The molecule has 1 saturated carbocycles. The van der Waals surface area contributed by atoms with Crippen LogP contribution < -0.4 is 10.1 Å². The van der Waals surface area contributed by atoms with Crippen LogP contribution in [0.5, 0.6) is 5.75 Å². The van der Waals surface area contributed by atoms with Gasteiger partial charge in [0.05, 0.1) is 12.6 Å². The average molecular weight is 435 g/mol. The third-order valence-corrected chi connectivity index (χ3v) is 7.29. The first kappa shape index (κ1) is 22.4. The molecule has 0 saturated heterocycles. The number of carboxylic acid groups (broad SMARTS) is 1. The Labute approximate surface area is 190 Å². The Kier molecular flexibility index (Phi) is 6.56. The largest absolute Gasteiger partial charge is 0.497 e. The maximum atomic E-state index is 12.5. The van der Waals surface area contributed by atoms with Crippen molar-refractivity contribution in [2.75, 3.05) is 7.11 Å². The average Bonchev–Trinajstić information content (AvgIpc) is 3.09. The summed E-state index contributed by atoms with van der Waals surface area (Å²) in [4.78, 5) is 12.5. The number of fused-ring (bicyclic) bond motifs is 1. The van der Waals surface area contributed by atoms with Gasteiger partial charge in [0.15, 0.2) is 0 Å². The predicted octanol–water partition coefficient (Wildman–Crippen LogP) is 5.62. The molecule has 32 heavy (non-hydrogen) atoms. The molecular weight excluding hydrogens is 400 g/mol. The minimum absolute atomic E-state index is 0.359. The van der Waals surface area contributed by atoms with E-state index >= 15 is 0 Å². The maximum Gasteiger partial charge on any atom is 0.352 e.